The monoisotopic (exact) mass is 370 g/mol. The van der Waals surface area contributed by atoms with E-state index in [0.717, 1.165) is 6.26 Å². The Bertz CT molecular complexity index is 761. The van der Waals surface area contributed by atoms with E-state index < -0.39 is 9.84 Å². The summed E-state index contributed by atoms with van der Waals surface area (Å²) in [6, 6.07) is 7.95. The third-order valence-corrected chi connectivity index (χ3v) is 4.18. The van der Waals surface area contributed by atoms with Gasteiger partial charge in [-0.05, 0) is 34.1 Å². The number of sulfone groups is 1. The van der Waals surface area contributed by atoms with Gasteiger partial charge in [0.05, 0.1) is 4.90 Å². The maximum Gasteiger partial charge on any atom is 0.223 e. The topological polar surface area (TPSA) is 69.2 Å². The summed E-state index contributed by atoms with van der Waals surface area (Å²) in [5.41, 5.74) is 0. The van der Waals surface area contributed by atoms with Gasteiger partial charge in [-0.15, -0.1) is 0 Å². The zero-order valence-electron chi connectivity index (χ0n) is 11.9. The van der Waals surface area contributed by atoms with E-state index in [9.17, 15) is 8.42 Å². The second kappa shape index (κ2) is 6.11. The van der Waals surface area contributed by atoms with E-state index in [4.69, 9.17) is 4.74 Å². The molecule has 0 radical (unpaired) electrons. The lowest BCUT2D eigenvalue weighted by Gasteiger charge is -2.09. The molecule has 1 aromatic carbocycles. The van der Waals surface area contributed by atoms with E-state index in [0.29, 0.717) is 22.1 Å². The molecular weight excluding hydrogens is 356 g/mol. The molecule has 2 aromatic rings. The molecule has 2 rings (SSSR count). The van der Waals surface area contributed by atoms with E-state index in [1.54, 1.807) is 18.2 Å². The first-order valence-electron chi connectivity index (χ1n) is 6.28. The molecule has 112 valence electrons. The molecule has 7 heteroatoms. The predicted octanol–water partition coefficient (Wildman–Crippen LogP) is 3.56. The van der Waals surface area contributed by atoms with E-state index in [1.165, 1.54) is 12.1 Å². The Morgan fingerprint density at radius 1 is 1.19 bits per heavy atom. The van der Waals surface area contributed by atoms with Gasteiger partial charge in [-0.3, -0.25) is 0 Å². The van der Waals surface area contributed by atoms with Crippen LogP contribution in [0.3, 0.4) is 0 Å². The minimum Gasteiger partial charge on any atom is -0.439 e. The highest BCUT2D eigenvalue weighted by molar-refractivity contribution is 9.10. The van der Waals surface area contributed by atoms with Gasteiger partial charge >= 0.3 is 0 Å². The normalized spacial score (nSPS) is 11.7. The van der Waals surface area contributed by atoms with Gasteiger partial charge in [0.25, 0.3) is 0 Å². The molecule has 5 nitrogen and oxygen atoms in total. The Balaban J connectivity index is 2.34. The highest BCUT2D eigenvalue weighted by Gasteiger charge is 2.11. The van der Waals surface area contributed by atoms with Crippen LogP contribution in [0.5, 0.6) is 11.6 Å². The first-order chi connectivity index (χ1) is 9.75. The number of rotatable bonds is 4. The Kier molecular flexibility index (Phi) is 4.63. The number of halogens is 1. The van der Waals surface area contributed by atoms with Gasteiger partial charge < -0.3 is 4.74 Å². The van der Waals surface area contributed by atoms with Crippen molar-refractivity contribution in [2.45, 2.75) is 24.7 Å². The summed E-state index contributed by atoms with van der Waals surface area (Å²) in [4.78, 5) is 8.77. The van der Waals surface area contributed by atoms with Crippen molar-refractivity contribution in [1.82, 2.24) is 9.97 Å². The standard InChI is InChI=1S/C14H15BrN2O3S/c1-9(2)14-16-12(15)8-13(17-14)20-10-5-4-6-11(7-10)21(3,18)19/h4-9H,1-3H3. The van der Waals surface area contributed by atoms with Crippen LogP contribution in [0.15, 0.2) is 39.8 Å². The molecule has 21 heavy (non-hydrogen) atoms. The van der Waals surface area contributed by atoms with Crippen LogP contribution in [-0.4, -0.2) is 24.6 Å². The number of ether oxygens (including phenoxy) is 1. The molecule has 0 bridgehead atoms. The number of aromatic nitrogens is 2. The van der Waals surface area contributed by atoms with Crippen LogP contribution >= 0.6 is 15.9 Å². The lowest BCUT2D eigenvalue weighted by atomic mass is 10.2. The average molecular weight is 371 g/mol. The van der Waals surface area contributed by atoms with Crippen LogP contribution in [0, 0.1) is 0 Å². The molecule has 0 aliphatic heterocycles. The minimum absolute atomic E-state index is 0.159. The van der Waals surface area contributed by atoms with Crippen LogP contribution in [0.1, 0.15) is 25.6 Å². The fourth-order valence-electron chi connectivity index (χ4n) is 1.61. The molecule has 0 fully saturated rings. The summed E-state index contributed by atoms with van der Waals surface area (Å²) in [7, 11) is -3.27. The lowest BCUT2D eigenvalue weighted by Crippen LogP contribution is -2.01. The first-order valence-corrected chi connectivity index (χ1v) is 8.96. The summed E-state index contributed by atoms with van der Waals surface area (Å²) in [5, 5.41) is 0. The molecule has 1 aromatic heterocycles. The van der Waals surface area contributed by atoms with E-state index in [-0.39, 0.29) is 10.8 Å². The second-order valence-electron chi connectivity index (χ2n) is 4.89. The quantitative estimate of drug-likeness (QED) is 0.769. The summed E-state index contributed by atoms with van der Waals surface area (Å²) in [6.45, 7) is 3.96. The van der Waals surface area contributed by atoms with Crippen molar-refractivity contribution in [3.63, 3.8) is 0 Å². The van der Waals surface area contributed by atoms with Crippen molar-refractivity contribution in [3.8, 4) is 11.6 Å². The smallest absolute Gasteiger partial charge is 0.223 e. The van der Waals surface area contributed by atoms with Crippen molar-refractivity contribution in [3.05, 3.63) is 40.8 Å². The van der Waals surface area contributed by atoms with Gasteiger partial charge in [-0.1, -0.05) is 19.9 Å². The molecule has 0 atom stereocenters. The van der Waals surface area contributed by atoms with Crippen molar-refractivity contribution in [2.24, 2.45) is 0 Å². The van der Waals surface area contributed by atoms with E-state index >= 15 is 0 Å². The summed E-state index contributed by atoms with van der Waals surface area (Å²) in [5.74, 6) is 1.59. The Hall–Kier alpha value is -1.47. The van der Waals surface area contributed by atoms with Crippen molar-refractivity contribution in [1.29, 1.82) is 0 Å². The largest absolute Gasteiger partial charge is 0.439 e. The molecule has 1 heterocycles. The first kappa shape index (κ1) is 15.9. The highest BCUT2D eigenvalue weighted by atomic mass is 79.9. The number of hydrogen-bond acceptors (Lipinski definition) is 5. The highest BCUT2D eigenvalue weighted by Crippen LogP contribution is 2.25. The zero-order valence-corrected chi connectivity index (χ0v) is 14.3. The molecule has 0 spiro atoms. The van der Waals surface area contributed by atoms with Crippen molar-refractivity contribution < 1.29 is 13.2 Å². The molecule has 0 aliphatic rings. The van der Waals surface area contributed by atoms with Gasteiger partial charge in [-0.2, -0.15) is 4.98 Å². The Morgan fingerprint density at radius 2 is 1.90 bits per heavy atom. The Morgan fingerprint density at radius 3 is 2.52 bits per heavy atom. The lowest BCUT2D eigenvalue weighted by molar-refractivity contribution is 0.454. The van der Waals surface area contributed by atoms with Crippen LogP contribution in [0.4, 0.5) is 0 Å². The fourth-order valence-corrected chi connectivity index (χ4v) is 2.65. The third-order valence-electron chi connectivity index (χ3n) is 2.66. The van der Waals surface area contributed by atoms with Gasteiger partial charge in [0, 0.05) is 18.2 Å². The van der Waals surface area contributed by atoms with Crippen LogP contribution in [0.25, 0.3) is 0 Å². The minimum atomic E-state index is -3.27. The molecule has 0 N–H and O–H groups in total. The Labute approximate surface area is 132 Å². The fraction of sp³-hybridized carbons (Fsp3) is 0.286. The van der Waals surface area contributed by atoms with Crippen LogP contribution in [-0.2, 0) is 9.84 Å². The van der Waals surface area contributed by atoms with E-state index in [2.05, 4.69) is 25.9 Å². The van der Waals surface area contributed by atoms with Gasteiger partial charge in [0.15, 0.2) is 9.84 Å². The van der Waals surface area contributed by atoms with Gasteiger partial charge in [0.2, 0.25) is 5.88 Å². The number of hydrogen-bond donors (Lipinski definition) is 0. The zero-order chi connectivity index (χ0) is 15.6. The third kappa shape index (κ3) is 4.25. The molecular formula is C14H15BrN2O3S. The average Bonchev–Trinajstić information content (AvgIpc) is 2.37. The number of nitrogens with zero attached hydrogens (tertiary/aromatic N) is 2. The summed E-state index contributed by atoms with van der Waals surface area (Å²) >= 11 is 3.31. The molecule has 0 unspecified atom stereocenters. The van der Waals surface area contributed by atoms with Crippen LogP contribution in [0.2, 0.25) is 0 Å². The molecule has 0 saturated heterocycles. The predicted molar refractivity (Wildman–Crippen MR) is 83.4 cm³/mol. The molecule has 0 amide bonds. The maximum atomic E-state index is 11.5. The van der Waals surface area contributed by atoms with Crippen LogP contribution < -0.4 is 4.74 Å². The summed E-state index contributed by atoms with van der Waals surface area (Å²) < 4.78 is 29.4. The second-order valence-corrected chi connectivity index (χ2v) is 7.72. The molecule has 0 saturated carbocycles. The van der Waals surface area contributed by atoms with Gasteiger partial charge in [0.1, 0.15) is 16.2 Å². The molecule has 0 aliphatic carbocycles. The number of benzene rings is 1. The van der Waals surface area contributed by atoms with Crippen molar-refractivity contribution >= 4 is 25.8 Å². The van der Waals surface area contributed by atoms with E-state index in [1.807, 2.05) is 13.8 Å². The van der Waals surface area contributed by atoms with Crippen molar-refractivity contribution in [2.75, 3.05) is 6.26 Å². The summed E-state index contributed by atoms with van der Waals surface area (Å²) in [6.07, 6.45) is 1.16. The SMILES string of the molecule is CC(C)c1nc(Br)cc(Oc2cccc(S(C)(=O)=O)c2)n1. The maximum absolute atomic E-state index is 11.5. The van der Waals surface area contributed by atoms with Gasteiger partial charge in [-0.25, -0.2) is 13.4 Å².